The van der Waals surface area contributed by atoms with Crippen LogP contribution in [0.3, 0.4) is 0 Å². The van der Waals surface area contributed by atoms with Gasteiger partial charge in [-0.1, -0.05) is 18.2 Å². The molecule has 0 N–H and O–H groups in total. The number of halogens is 5. The Morgan fingerprint density at radius 2 is 1.70 bits per heavy atom. The van der Waals surface area contributed by atoms with E-state index in [1.165, 1.54) is 19.2 Å². The predicted octanol–water partition coefficient (Wildman–Crippen LogP) is 5.57. The lowest BCUT2D eigenvalue weighted by atomic mass is 10.1. The molecule has 140 valence electrons. The van der Waals surface area contributed by atoms with Gasteiger partial charge in [-0.15, -0.1) is 0 Å². The van der Waals surface area contributed by atoms with Crippen molar-refractivity contribution in [3.8, 4) is 5.75 Å². The molecule has 1 amide bonds. The summed E-state index contributed by atoms with van der Waals surface area (Å²) >= 11 is 6.59. The highest BCUT2D eigenvalue weighted by molar-refractivity contribution is 9.11. The summed E-state index contributed by atoms with van der Waals surface area (Å²) in [4.78, 5) is 12.7. The average molecular weight is 504 g/mol. The van der Waals surface area contributed by atoms with Gasteiger partial charge in [0.2, 0.25) is 0 Å². The molecule has 0 atom stereocenters. The first-order valence-corrected chi connectivity index (χ1v) is 9.11. The number of ether oxygens (including phenoxy) is 1. The molecule has 0 aromatic heterocycles. The fourth-order valence-electron chi connectivity index (χ4n) is 2.52. The lowest BCUT2D eigenvalue weighted by Gasteiger charge is -2.11. The standard InChI is InChI=1S/C18H11Br2F3N2O2/c1-27-15-13(19)8-10(9-14(15)20)7-12-16(18(21,22)23)24-25(17(12)26)11-5-3-2-4-6-11/h2-9H,1H3/b12-7-. The van der Waals surface area contributed by atoms with Gasteiger partial charge in [0.15, 0.2) is 5.71 Å². The molecule has 0 radical (unpaired) electrons. The molecule has 2 aromatic rings. The first-order valence-electron chi connectivity index (χ1n) is 7.52. The van der Waals surface area contributed by atoms with Crippen LogP contribution in [-0.2, 0) is 4.79 Å². The third kappa shape index (κ3) is 3.93. The summed E-state index contributed by atoms with van der Waals surface area (Å²) < 4.78 is 46.6. The Balaban J connectivity index is 2.10. The van der Waals surface area contributed by atoms with Gasteiger partial charge in [0, 0.05) is 0 Å². The minimum atomic E-state index is -4.77. The third-order valence-corrected chi connectivity index (χ3v) is 4.86. The number of amides is 1. The number of hydrogen-bond acceptors (Lipinski definition) is 3. The van der Waals surface area contributed by atoms with Gasteiger partial charge in [-0.25, -0.2) is 0 Å². The van der Waals surface area contributed by atoms with Crippen LogP contribution >= 0.6 is 31.9 Å². The van der Waals surface area contributed by atoms with Gasteiger partial charge in [-0.3, -0.25) is 4.79 Å². The first kappa shape index (κ1) is 19.6. The number of para-hydroxylation sites is 1. The molecule has 0 unspecified atom stereocenters. The molecule has 0 spiro atoms. The Morgan fingerprint density at radius 1 is 1.11 bits per heavy atom. The number of anilines is 1. The van der Waals surface area contributed by atoms with E-state index < -0.39 is 23.4 Å². The second-order valence-electron chi connectivity index (χ2n) is 5.47. The van der Waals surface area contributed by atoms with E-state index in [4.69, 9.17) is 4.74 Å². The van der Waals surface area contributed by atoms with Gasteiger partial charge >= 0.3 is 6.18 Å². The third-order valence-electron chi connectivity index (χ3n) is 3.68. The van der Waals surface area contributed by atoms with Gasteiger partial charge < -0.3 is 4.74 Å². The summed E-state index contributed by atoms with van der Waals surface area (Å²) in [5, 5.41) is 4.28. The average Bonchev–Trinajstić information content (AvgIpc) is 2.92. The number of carbonyl (C=O) groups excluding carboxylic acids is 1. The van der Waals surface area contributed by atoms with Crippen LogP contribution in [0.1, 0.15) is 5.56 Å². The van der Waals surface area contributed by atoms with Crippen molar-refractivity contribution in [1.82, 2.24) is 0 Å². The van der Waals surface area contributed by atoms with Crippen LogP contribution in [0.5, 0.6) is 5.75 Å². The lowest BCUT2D eigenvalue weighted by Crippen LogP contribution is -2.25. The first-order chi connectivity index (χ1) is 12.7. The molecule has 1 aliphatic heterocycles. The number of rotatable bonds is 3. The molecule has 0 saturated heterocycles. The molecule has 4 nitrogen and oxygen atoms in total. The molecule has 27 heavy (non-hydrogen) atoms. The normalized spacial score (nSPS) is 16.1. The van der Waals surface area contributed by atoms with Crippen molar-refractivity contribution in [2.24, 2.45) is 5.10 Å². The van der Waals surface area contributed by atoms with Crippen LogP contribution in [0.15, 0.2) is 62.1 Å². The van der Waals surface area contributed by atoms with E-state index >= 15 is 0 Å². The van der Waals surface area contributed by atoms with E-state index in [-0.39, 0.29) is 5.69 Å². The Hall–Kier alpha value is -2.13. The van der Waals surface area contributed by atoms with Crippen LogP contribution in [-0.4, -0.2) is 24.9 Å². The van der Waals surface area contributed by atoms with Crippen molar-refractivity contribution in [2.75, 3.05) is 12.1 Å². The highest BCUT2D eigenvalue weighted by Crippen LogP contribution is 2.37. The molecule has 2 aromatic carbocycles. The van der Waals surface area contributed by atoms with Crippen molar-refractivity contribution in [3.63, 3.8) is 0 Å². The highest BCUT2D eigenvalue weighted by Gasteiger charge is 2.46. The van der Waals surface area contributed by atoms with E-state index in [2.05, 4.69) is 37.0 Å². The summed E-state index contributed by atoms with van der Waals surface area (Å²) in [6, 6.07) is 11.1. The van der Waals surface area contributed by atoms with Crippen LogP contribution in [0.25, 0.3) is 6.08 Å². The number of benzene rings is 2. The zero-order chi connectivity index (χ0) is 19.8. The minimum Gasteiger partial charge on any atom is -0.494 e. The Morgan fingerprint density at radius 3 is 2.22 bits per heavy atom. The van der Waals surface area contributed by atoms with Crippen molar-refractivity contribution >= 4 is 55.2 Å². The van der Waals surface area contributed by atoms with Crippen molar-refractivity contribution in [1.29, 1.82) is 0 Å². The van der Waals surface area contributed by atoms with Crippen molar-refractivity contribution in [2.45, 2.75) is 6.18 Å². The molecule has 0 aliphatic carbocycles. The number of alkyl halides is 3. The number of hydrazone groups is 1. The largest absolute Gasteiger partial charge is 0.494 e. The second kappa shape index (κ2) is 7.47. The summed E-state index contributed by atoms with van der Waals surface area (Å²) in [5.74, 6) is -0.359. The zero-order valence-corrected chi connectivity index (χ0v) is 16.9. The molecule has 0 saturated carbocycles. The lowest BCUT2D eigenvalue weighted by molar-refractivity contribution is -0.114. The Kier molecular flexibility index (Phi) is 5.43. The van der Waals surface area contributed by atoms with E-state index in [0.717, 1.165) is 11.1 Å². The fourth-order valence-corrected chi connectivity index (χ4v) is 4.07. The van der Waals surface area contributed by atoms with Crippen molar-refractivity contribution in [3.05, 3.63) is 62.5 Å². The molecule has 0 bridgehead atoms. The highest BCUT2D eigenvalue weighted by atomic mass is 79.9. The maximum absolute atomic E-state index is 13.5. The van der Waals surface area contributed by atoms with Crippen LogP contribution in [0.2, 0.25) is 0 Å². The van der Waals surface area contributed by atoms with Gasteiger partial charge in [0.25, 0.3) is 5.91 Å². The van der Waals surface area contributed by atoms with E-state index in [9.17, 15) is 18.0 Å². The maximum atomic E-state index is 13.5. The number of methoxy groups -OCH3 is 1. The minimum absolute atomic E-state index is 0.254. The molecule has 1 heterocycles. The molecule has 3 rings (SSSR count). The number of hydrogen-bond donors (Lipinski definition) is 0. The summed E-state index contributed by atoms with van der Waals surface area (Å²) in [6.45, 7) is 0. The van der Waals surface area contributed by atoms with Gasteiger partial charge in [-0.2, -0.15) is 23.3 Å². The van der Waals surface area contributed by atoms with Crippen LogP contribution in [0.4, 0.5) is 18.9 Å². The summed E-state index contributed by atoms with van der Waals surface area (Å²) in [7, 11) is 1.47. The zero-order valence-electron chi connectivity index (χ0n) is 13.7. The molecule has 9 heteroatoms. The van der Waals surface area contributed by atoms with Gasteiger partial charge in [0.1, 0.15) is 5.75 Å². The molecular weight excluding hydrogens is 493 g/mol. The molecule has 0 fully saturated rings. The summed E-state index contributed by atoms with van der Waals surface area (Å²) in [5.41, 5.74) is -1.13. The van der Waals surface area contributed by atoms with E-state index in [1.807, 2.05) is 0 Å². The predicted molar refractivity (Wildman–Crippen MR) is 104 cm³/mol. The van der Waals surface area contributed by atoms with E-state index in [1.54, 1.807) is 30.3 Å². The molecule has 1 aliphatic rings. The van der Waals surface area contributed by atoms with E-state index in [0.29, 0.717) is 20.3 Å². The fraction of sp³-hybridized carbons (Fsp3) is 0.111. The topological polar surface area (TPSA) is 41.9 Å². The van der Waals surface area contributed by atoms with Crippen LogP contribution < -0.4 is 9.75 Å². The molecular formula is C18H11Br2F3N2O2. The number of nitrogens with zero attached hydrogens (tertiary/aromatic N) is 2. The maximum Gasteiger partial charge on any atom is 0.435 e. The number of carbonyl (C=O) groups is 1. The van der Waals surface area contributed by atoms with Crippen LogP contribution in [0, 0.1) is 0 Å². The SMILES string of the molecule is COc1c(Br)cc(/C=C2\C(=O)N(c3ccccc3)N=C2C(F)(F)F)cc1Br. The Bertz CT molecular complexity index is 934. The van der Waals surface area contributed by atoms with Gasteiger partial charge in [-0.05, 0) is 67.8 Å². The summed E-state index contributed by atoms with van der Waals surface area (Å²) in [6.07, 6.45) is -3.61. The monoisotopic (exact) mass is 502 g/mol. The van der Waals surface area contributed by atoms with Crippen molar-refractivity contribution < 1.29 is 22.7 Å². The smallest absolute Gasteiger partial charge is 0.435 e. The quantitative estimate of drug-likeness (QED) is 0.514. The second-order valence-corrected chi connectivity index (χ2v) is 7.18. The Labute approximate surface area is 169 Å². The van der Waals surface area contributed by atoms with Gasteiger partial charge in [0.05, 0.1) is 27.3 Å².